The van der Waals surface area contributed by atoms with Crippen molar-refractivity contribution >= 4 is 22.6 Å². The average molecular weight is 408 g/mol. The third-order valence-electron chi connectivity index (χ3n) is 4.28. The summed E-state index contributed by atoms with van der Waals surface area (Å²) in [6, 6.07) is 7.84. The van der Waals surface area contributed by atoms with Gasteiger partial charge in [-0.1, -0.05) is 0 Å². The van der Waals surface area contributed by atoms with Gasteiger partial charge in [-0.05, 0) is 12.1 Å². The van der Waals surface area contributed by atoms with Crippen LogP contribution in [-0.4, -0.2) is 25.4 Å². The number of carbonyl (C=O) groups excluding carboxylic acids is 1. The molecular weight excluding hydrogens is 394 g/mol. The first-order valence-corrected chi connectivity index (χ1v) is 8.76. The maximum atomic E-state index is 14.1. The van der Waals surface area contributed by atoms with Crippen molar-refractivity contribution in [3.05, 3.63) is 54.2 Å². The number of nitrogens with zero attached hydrogens (tertiary/aromatic N) is 5. The number of fused-ring (bicyclic) bond motifs is 1. The highest BCUT2D eigenvalue weighted by Crippen LogP contribution is 2.31. The van der Waals surface area contributed by atoms with Gasteiger partial charge in [0.15, 0.2) is 11.6 Å². The second-order valence-corrected chi connectivity index (χ2v) is 6.59. The molecule has 0 unspecified atom stereocenters. The van der Waals surface area contributed by atoms with Gasteiger partial charge in [0, 0.05) is 43.8 Å². The number of furan rings is 1. The van der Waals surface area contributed by atoms with Gasteiger partial charge in [0.05, 0.1) is 11.8 Å². The molecule has 4 aromatic rings. The van der Waals surface area contributed by atoms with Gasteiger partial charge < -0.3 is 14.3 Å². The molecule has 0 aromatic carbocycles. The summed E-state index contributed by atoms with van der Waals surface area (Å²) in [6.07, 6.45) is 4.46. The monoisotopic (exact) mass is 408 g/mol. The Labute approximate surface area is 168 Å². The summed E-state index contributed by atoms with van der Waals surface area (Å²) in [4.78, 5) is 23.7. The molecule has 150 valence electrons. The van der Waals surface area contributed by atoms with E-state index >= 15 is 0 Å². The van der Waals surface area contributed by atoms with E-state index < -0.39 is 11.6 Å². The Morgan fingerprint density at radius 3 is 2.80 bits per heavy atom. The lowest BCUT2D eigenvalue weighted by molar-refractivity contribution is -0.114. The third-order valence-corrected chi connectivity index (χ3v) is 4.28. The molecule has 8 nitrogen and oxygen atoms in total. The van der Waals surface area contributed by atoms with Crippen LogP contribution in [0.1, 0.15) is 25.1 Å². The van der Waals surface area contributed by atoms with Gasteiger partial charge in [-0.25, -0.2) is 15.0 Å². The molecule has 0 aliphatic rings. The van der Waals surface area contributed by atoms with Crippen molar-refractivity contribution in [3.63, 3.8) is 0 Å². The highest BCUT2D eigenvalue weighted by Gasteiger charge is 2.29. The number of carbonyl (C=O) groups is 1. The lowest BCUT2D eigenvalue weighted by Crippen LogP contribution is -2.13. The highest BCUT2D eigenvalue weighted by atomic mass is 19.3. The van der Waals surface area contributed by atoms with E-state index in [4.69, 9.17) is 4.42 Å². The Kier molecular flexibility index (Phi) is 4.50. The normalized spacial score (nSPS) is 11.4. The zero-order chi connectivity index (χ0) is 21.5. The lowest BCUT2D eigenvalue weighted by Gasteiger charge is -2.13. The first kappa shape index (κ1) is 19.2. The molecule has 0 aliphatic heterocycles. The largest absolute Gasteiger partial charge is 0.460 e. The fourth-order valence-electron chi connectivity index (χ4n) is 2.93. The van der Waals surface area contributed by atoms with E-state index in [2.05, 4.69) is 20.3 Å². The number of amides is 1. The number of alkyl halides is 2. The van der Waals surface area contributed by atoms with Crippen LogP contribution < -0.4 is 5.32 Å². The maximum Gasteiger partial charge on any atom is 0.287 e. The molecule has 0 spiro atoms. The fraction of sp³-hybridized carbons (Fsp3) is 0.150. The highest BCUT2D eigenvalue weighted by molar-refractivity contribution is 5.91. The number of aromatic nitrogens is 4. The number of hydrogen-bond acceptors (Lipinski definition) is 6. The van der Waals surface area contributed by atoms with Crippen molar-refractivity contribution in [1.82, 2.24) is 19.5 Å². The standard InChI is InChI=1S/C20H14F2N6O2/c1-11(29)25-16-7-14-13(10-24-16)3-5-28(14)17-8-15(20(2,21)22)26-19(27-17)18-12(9-23)4-6-30-18/h3-8,10H,1-2H3,(H,24,25,29). The van der Waals surface area contributed by atoms with Crippen molar-refractivity contribution in [1.29, 1.82) is 5.26 Å². The van der Waals surface area contributed by atoms with E-state index in [1.807, 2.05) is 6.07 Å². The number of nitrogens with one attached hydrogen (secondary N) is 1. The number of anilines is 1. The first-order chi connectivity index (χ1) is 14.3. The van der Waals surface area contributed by atoms with E-state index in [0.717, 1.165) is 13.0 Å². The van der Waals surface area contributed by atoms with Crippen LogP contribution >= 0.6 is 0 Å². The Morgan fingerprint density at radius 2 is 2.10 bits per heavy atom. The molecule has 1 N–H and O–H groups in total. The van der Waals surface area contributed by atoms with Crippen LogP contribution in [0.2, 0.25) is 0 Å². The molecule has 0 radical (unpaired) electrons. The molecule has 10 heteroatoms. The number of rotatable bonds is 4. The molecule has 1 amide bonds. The van der Waals surface area contributed by atoms with Crippen molar-refractivity contribution in [2.75, 3.05) is 5.32 Å². The van der Waals surface area contributed by atoms with Crippen molar-refractivity contribution in [2.45, 2.75) is 19.8 Å². The van der Waals surface area contributed by atoms with Crippen molar-refractivity contribution < 1.29 is 18.0 Å². The molecule has 0 saturated carbocycles. The second-order valence-electron chi connectivity index (χ2n) is 6.59. The number of halogens is 2. The fourth-order valence-corrected chi connectivity index (χ4v) is 2.93. The third kappa shape index (κ3) is 3.48. The molecule has 0 bridgehead atoms. The van der Waals surface area contributed by atoms with Crippen LogP contribution in [0.5, 0.6) is 0 Å². The number of nitriles is 1. The van der Waals surface area contributed by atoms with E-state index in [1.165, 1.54) is 19.3 Å². The molecule has 0 saturated heterocycles. The minimum Gasteiger partial charge on any atom is -0.460 e. The Balaban J connectivity index is 1.93. The van der Waals surface area contributed by atoms with Gasteiger partial charge in [-0.2, -0.15) is 14.0 Å². The summed E-state index contributed by atoms with van der Waals surface area (Å²) in [5, 5.41) is 12.5. The van der Waals surface area contributed by atoms with Gasteiger partial charge in [0.2, 0.25) is 5.91 Å². The predicted molar refractivity (Wildman–Crippen MR) is 103 cm³/mol. The zero-order valence-electron chi connectivity index (χ0n) is 15.8. The molecule has 0 fully saturated rings. The molecule has 4 aromatic heterocycles. The summed E-state index contributed by atoms with van der Waals surface area (Å²) in [6.45, 7) is 2.08. The maximum absolute atomic E-state index is 14.1. The second kappa shape index (κ2) is 7.04. The number of hydrogen-bond donors (Lipinski definition) is 1. The minimum atomic E-state index is -3.25. The molecule has 4 heterocycles. The SMILES string of the molecule is CC(=O)Nc1cc2c(ccn2-c2cc(C(C)(F)F)nc(-c3occc3C#N)n2)cn1. The Hall–Kier alpha value is -4.13. The Morgan fingerprint density at radius 1 is 1.30 bits per heavy atom. The van der Waals surface area contributed by atoms with Crippen LogP contribution in [0.4, 0.5) is 14.6 Å². The van der Waals surface area contributed by atoms with E-state index in [9.17, 15) is 18.8 Å². The zero-order valence-corrected chi connectivity index (χ0v) is 15.8. The van der Waals surface area contributed by atoms with Gasteiger partial charge >= 0.3 is 0 Å². The van der Waals surface area contributed by atoms with Gasteiger partial charge in [0.25, 0.3) is 5.92 Å². The lowest BCUT2D eigenvalue weighted by atomic mass is 10.2. The van der Waals surface area contributed by atoms with E-state index in [0.29, 0.717) is 16.7 Å². The summed E-state index contributed by atoms with van der Waals surface area (Å²) in [7, 11) is 0. The first-order valence-electron chi connectivity index (χ1n) is 8.76. The van der Waals surface area contributed by atoms with E-state index in [1.54, 1.807) is 29.1 Å². The van der Waals surface area contributed by atoms with Crippen LogP contribution in [0.25, 0.3) is 28.3 Å². The molecule has 0 aliphatic carbocycles. The molecular formula is C20H14F2N6O2. The summed E-state index contributed by atoms with van der Waals surface area (Å²) in [5.41, 5.74) is 0.191. The minimum absolute atomic E-state index is 0.00177. The smallest absolute Gasteiger partial charge is 0.287 e. The Bertz CT molecular complexity index is 1310. The van der Waals surface area contributed by atoms with Crippen LogP contribution in [0.15, 0.2) is 47.3 Å². The number of pyridine rings is 1. The van der Waals surface area contributed by atoms with E-state index in [-0.39, 0.29) is 28.9 Å². The van der Waals surface area contributed by atoms with Gasteiger partial charge in [-0.15, -0.1) is 0 Å². The quantitative estimate of drug-likeness (QED) is 0.546. The van der Waals surface area contributed by atoms with Crippen LogP contribution in [0.3, 0.4) is 0 Å². The summed E-state index contributed by atoms with van der Waals surface area (Å²) < 4.78 is 35.1. The van der Waals surface area contributed by atoms with Crippen LogP contribution in [0, 0.1) is 11.3 Å². The topological polar surface area (TPSA) is 110 Å². The van der Waals surface area contributed by atoms with Crippen molar-refractivity contribution in [3.8, 4) is 23.5 Å². The van der Waals surface area contributed by atoms with Crippen molar-refractivity contribution in [2.24, 2.45) is 0 Å². The summed E-state index contributed by atoms with van der Waals surface area (Å²) >= 11 is 0. The molecule has 0 atom stereocenters. The average Bonchev–Trinajstić information content (AvgIpc) is 3.33. The van der Waals surface area contributed by atoms with Crippen LogP contribution in [-0.2, 0) is 10.7 Å². The van der Waals surface area contributed by atoms with Gasteiger partial charge in [0.1, 0.15) is 29.0 Å². The molecule has 4 rings (SSSR count). The van der Waals surface area contributed by atoms with Gasteiger partial charge in [-0.3, -0.25) is 4.79 Å². The summed E-state index contributed by atoms with van der Waals surface area (Å²) in [5.74, 6) is -3.23. The molecule has 30 heavy (non-hydrogen) atoms. The predicted octanol–water partition coefficient (Wildman–Crippen LogP) is 4.02.